The van der Waals surface area contributed by atoms with Gasteiger partial charge in [-0.25, -0.2) is 4.98 Å². The first-order valence-corrected chi connectivity index (χ1v) is 5.81. The number of aromatic hydroxyl groups is 1. The lowest BCUT2D eigenvalue weighted by molar-refractivity contribution is 0.415. The normalized spacial score (nSPS) is 10.4. The van der Waals surface area contributed by atoms with Gasteiger partial charge in [-0.05, 0) is 25.1 Å². The average Bonchev–Trinajstić information content (AvgIpc) is 2.58. The molecule has 2 aromatic rings. The zero-order chi connectivity index (χ0) is 11.7. The van der Waals surface area contributed by atoms with Crippen molar-refractivity contribution in [2.75, 3.05) is 7.11 Å². The van der Waals surface area contributed by atoms with Crippen LogP contribution in [0.2, 0.25) is 5.02 Å². The number of methoxy groups -OCH3 is 1. The molecule has 0 saturated carbocycles. The van der Waals surface area contributed by atoms with E-state index in [1.54, 1.807) is 20.1 Å². The molecule has 3 nitrogen and oxygen atoms in total. The topological polar surface area (TPSA) is 42.4 Å². The zero-order valence-corrected chi connectivity index (χ0v) is 10.4. The predicted octanol–water partition coefficient (Wildman–Crippen LogP) is 3.49. The highest BCUT2D eigenvalue weighted by atomic mass is 35.5. The van der Waals surface area contributed by atoms with Crippen LogP contribution in [0.5, 0.6) is 10.8 Å². The monoisotopic (exact) mass is 255 g/mol. The highest BCUT2D eigenvalue weighted by Gasteiger charge is 2.11. The number of nitrogens with zero attached hydrogens (tertiary/aromatic N) is 1. The largest absolute Gasteiger partial charge is 0.498 e. The van der Waals surface area contributed by atoms with Crippen LogP contribution in [0.25, 0.3) is 10.6 Å². The van der Waals surface area contributed by atoms with Gasteiger partial charge in [-0.3, -0.25) is 0 Å². The Morgan fingerprint density at radius 3 is 2.69 bits per heavy atom. The summed E-state index contributed by atoms with van der Waals surface area (Å²) in [5.41, 5.74) is 1.42. The summed E-state index contributed by atoms with van der Waals surface area (Å²) in [4.78, 5) is 4.24. The molecule has 2 rings (SSSR count). The van der Waals surface area contributed by atoms with E-state index in [0.29, 0.717) is 21.5 Å². The van der Waals surface area contributed by atoms with Crippen molar-refractivity contribution in [3.63, 3.8) is 0 Å². The number of hydrogen-bond donors (Lipinski definition) is 1. The van der Waals surface area contributed by atoms with Gasteiger partial charge in [0.15, 0.2) is 5.06 Å². The predicted molar refractivity (Wildman–Crippen MR) is 65.5 cm³/mol. The van der Waals surface area contributed by atoms with Crippen molar-refractivity contribution < 1.29 is 9.84 Å². The van der Waals surface area contributed by atoms with Crippen molar-refractivity contribution in [1.82, 2.24) is 4.98 Å². The van der Waals surface area contributed by atoms with Gasteiger partial charge in [0, 0.05) is 5.56 Å². The molecular weight excluding hydrogens is 246 g/mol. The highest BCUT2D eigenvalue weighted by Crippen LogP contribution is 2.37. The Bertz CT molecular complexity index is 505. The maximum absolute atomic E-state index is 9.48. The Morgan fingerprint density at radius 1 is 1.44 bits per heavy atom. The van der Waals surface area contributed by atoms with E-state index in [-0.39, 0.29) is 5.06 Å². The van der Waals surface area contributed by atoms with Crippen molar-refractivity contribution in [3.05, 3.63) is 28.9 Å². The van der Waals surface area contributed by atoms with Crippen LogP contribution in [0.15, 0.2) is 18.2 Å². The van der Waals surface area contributed by atoms with Gasteiger partial charge in [-0.1, -0.05) is 22.9 Å². The van der Waals surface area contributed by atoms with Crippen LogP contribution in [0.1, 0.15) is 5.69 Å². The molecule has 1 N–H and O–H groups in total. The molecule has 0 aliphatic rings. The van der Waals surface area contributed by atoms with Crippen molar-refractivity contribution >= 4 is 22.9 Å². The number of rotatable bonds is 2. The smallest absolute Gasteiger partial charge is 0.195 e. The summed E-state index contributed by atoms with van der Waals surface area (Å²) < 4.78 is 5.06. The number of aromatic nitrogens is 1. The van der Waals surface area contributed by atoms with Crippen molar-refractivity contribution in [3.8, 4) is 21.4 Å². The minimum Gasteiger partial charge on any atom is -0.498 e. The molecular formula is C11H10ClNO2S. The molecule has 84 valence electrons. The number of thiazole rings is 1. The molecule has 1 aromatic carbocycles. The van der Waals surface area contributed by atoms with E-state index in [1.165, 1.54) is 11.3 Å². The molecule has 0 aliphatic heterocycles. The molecule has 5 heteroatoms. The van der Waals surface area contributed by atoms with E-state index in [9.17, 15) is 5.11 Å². The Labute approximate surface area is 102 Å². The van der Waals surface area contributed by atoms with Crippen molar-refractivity contribution in [1.29, 1.82) is 0 Å². The van der Waals surface area contributed by atoms with Gasteiger partial charge in [-0.15, -0.1) is 0 Å². The standard InChI is InChI=1S/C11H10ClNO2S/c1-6-11(14)16-10(13-6)8-4-3-7(15-2)5-9(8)12/h3-5,14H,1-2H3. The average molecular weight is 256 g/mol. The lowest BCUT2D eigenvalue weighted by atomic mass is 10.2. The lowest BCUT2D eigenvalue weighted by Crippen LogP contribution is -1.84. The third-order valence-corrected chi connectivity index (χ3v) is 3.48. The molecule has 0 radical (unpaired) electrons. The maximum atomic E-state index is 9.48. The summed E-state index contributed by atoms with van der Waals surface area (Å²) in [6, 6.07) is 5.37. The molecule has 1 heterocycles. The summed E-state index contributed by atoms with van der Waals surface area (Å²) in [7, 11) is 1.59. The van der Waals surface area contributed by atoms with Gasteiger partial charge in [0.05, 0.1) is 17.8 Å². The van der Waals surface area contributed by atoms with Gasteiger partial charge in [-0.2, -0.15) is 0 Å². The van der Waals surface area contributed by atoms with Crippen LogP contribution in [-0.2, 0) is 0 Å². The minimum absolute atomic E-state index is 0.224. The van der Waals surface area contributed by atoms with Crippen molar-refractivity contribution in [2.45, 2.75) is 6.92 Å². The molecule has 0 saturated heterocycles. The van der Waals surface area contributed by atoms with Gasteiger partial charge < -0.3 is 9.84 Å². The first kappa shape index (κ1) is 11.2. The van der Waals surface area contributed by atoms with E-state index in [4.69, 9.17) is 16.3 Å². The van der Waals surface area contributed by atoms with Crippen molar-refractivity contribution in [2.24, 2.45) is 0 Å². The first-order chi connectivity index (χ1) is 7.61. The molecule has 16 heavy (non-hydrogen) atoms. The number of benzene rings is 1. The zero-order valence-electron chi connectivity index (χ0n) is 8.82. The molecule has 0 amide bonds. The third-order valence-electron chi connectivity index (χ3n) is 2.18. The summed E-state index contributed by atoms with van der Waals surface area (Å²) in [5, 5.41) is 11.0. The van der Waals surface area contributed by atoms with Gasteiger partial charge in [0.2, 0.25) is 0 Å². The van der Waals surface area contributed by atoms with E-state index < -0.39 is 0 Å². The third kappa shape index (κ3) is 1.99. The van der Waals surface area contributed by atoms with Gasteiger partial charge in [0.25, 0.3) is 0 Å². The van der Waals surface area contributed by atoms with E-state index in [0.717, 1.165) is 5.56 Å². The van der Waals surface area contributed by atoms with Crippen LogP contribution in [0.4, 0.5) is 0 Å². The summed E-state index contributed by atoms with van der Waals surface area (Å²) >= 11 is 7.32. The molecule has 0 bridgehead atoms. The van der Waals surface area contributed by atoms with Crippen LogP contribution < -0.4 is 4.74 Å². The molecule has 0 atom stereocenters. The summed E-state index contributed by atoms with van der Waals surface area (Å²) in [6.07, 6.45) is 0. The van der Waals surface area contributed by atoms with Gasteiger partial charge >= 0.3 is 0 Å². The molecule has 0 fully saturated rings. The lowest BCUT2D eigenvalue weighted by Gasteiger charge is -2.03. The van der Waals surface area contributed by atoms with Crippen LogP contribution in [-0.4, -0.2) is 17.2 Å². The SMILES string of the molecule is COc1ccc(-c2nc(C)c(O)s2)c(Cl)c1. The van der Waals surface area contributed by atoms with Crippen LogP contribution in [0.3, 0.4) is 0 Å². The Hall–Kier alpha value is -1.26. The minimum atomic E-state index is 0.224. The second-order valence-corrected chi connectivity index (χ2v) is 4.64. The highest BCUT2D eigenvalue weighted by molar-refractivity contribution is 7.16. The fourth-order valence-corrected chi connectivity index (χ4v) is 2.46. The molecule has 0 aliphatic carbocycles. The second-order valence-electron chi connectivity index (χ2n) is 3.26. The Balaban J connectivity index is 2.48. The fourth-order valence-electron chi connectivity index (χ4n) is 1.30. The fraction of sp³-hybridized carbons (Fsp3) is 0.182. The second kappa shape index (κ2) is 4.31. The summed E-state index contributed by atoms with van der Waals surface area (Å²) in [5.74, 6) is 0.700. The molecule has 0 spiro atoms. The van der Waals surface area contributed by atoms with E-state index in [1.807, 2.05) is 12.1 Å². The number of aryl methyl sites for hydroxylation is 1. The Morgan fingerprint density at radius 2 is 2.19 bits per heavy atom. The number of ether oxygens (including phenoxy) is 1. The van der Waals surface area contributed by atoms with E-state index >= 15 is 0 Å². The van der Waals surface area contributed by atoms with Gasteiger partial charge in [0.1, 0.15) is 10.8 Å². The Kier molecular flexibility index (Phi) is 3.03. The van der Waals surface area contributed by atoms with Crippen LogP contribution >= 0.6 is 22.9 Å². The maximum Gasteiger partial charge on any atom is 0.195 e. The first-order valence-electron chi connectivity index (χ1n) is 4.62. The van der Waals surface area contributed by atoms with E-state index in [2.05, 4.69) is 4.98 Å². The quantitative estimate of drug-likeness (QED) is 0.893. The molecule has 1 aromatic heterocycles. The molecule has 0 unspecified atom stereocenters. The number of hydrogen-bond acceptors (Lipinski definition) is 4. The van der Waals surface area contributed by atoms with Crippen LogP contribution in [0, 0.1) is 6.92 Å². The summed E-state index contributed by atoms with van der Waals surface area (Å²) in [6.45, 7) is 1.76. The number of halogens is 1.